The normalized spacial score (nSPS) is 10.2. The molecular weight excluding hydrogens is 306 g/mol. The van der Waals surface area contributed by atoms with Crippen LogP contribution in [0.2, 0.25) is 0 Å². The van der Waals surface area contributed by atoms with Gasteiger partial charge in [-0.15, -0.1) is 0 Å². The van der Waals surface area contributed by atoms with Gasteiger partial charge >= 0.3 is 0 Å². The molecule has 0 fully saturated rings. The quantitative estimate of drug-likeness (QED) is 0.899. The number of benzene rings is 2. The lowest BCUT2D eigenvalue weighted by atomic mass is 10.1. The number of halogens is 1. The number of phenolic OH excluding ortho intramolecular Hbond substituents is 1. The van der Waals surface area contributed by atoms with Gasteiger partial charge in [0, 0.05) is 10.2 Å². The van der Waals surface area contributed by atoms with E-state index >= 15 is 0 Å². The van der Waals surface area contributed by atoms with Crippen molar-refractivity contribution in [3.63, 3.8) is 0 Å². The molecule has 0 saturated heterocycles. The molecule has 2 aromatic rings. The number of nitrogens with one attached hydrogen (secondary N) is 1. The molecule has 0 heterocycles. The minimum Gasteiger partial charge on any atom is -0.507 e. The molecule has 0 bridgehead atoms. The lowest BCUT2D eigenvalue weighted by molar-refractivity contribution is 0.102. The molecule has 0 unspecified atom stereocenters. The monoisotopic (exact) mass is 319 g/mol. The van der Waals surface area contributed by atoms with Crippen LogP contribution >= 0.6 is 15.9 Å². The molecule has 3 nitrogen and oxygen atoms in total. The fourth-order valence-electron chi connectivity index (χ4n) is 1.72. The summed E-state index contributed by atoms with van der Waals surface area (Å²) in [4.78, 5) is 12.0. The molecule has 0 radical (unpaired) electrons. The zero-order valence-corrected chi connectivity index (χ0v) is 12.1. The Morgan fingerprint density at radius 1 is 1.21 bits per heavy atom. The predicted molar refractivity (Wildman–Crippen MR) is 79.6 cm³/mol. The summed E-state index contributed by atoms with van der Waals surface area (Å²) in [5, 5.41) is 12.5. The molecule has 2 N–H and O–H groups in total. The first-order valence-corrected chi connectivity index (χ1v) is 6.78. The molecule has 98 valence electrons. The maximum absolute atomic E-state index is 12.0. The first-order chi connectivity index (χ1) is 9.10. The van der Waals surface area contributed by atoms with Crippen LogP contribution in [0, 0.1) is 0 Å². The van der Waals surface area contributed by atoms with Gasteiger partial charge in [-0.3, -0.25) is 4.79 Å². The van der Waals surface area contributed by atoms with Gasteiger partial charge in [0.25, 0.3) is 5.91 Å². The van der Waals surface area contributed by atoms with E-state index in [9.17, 15) is 9.90 Å². The van der Waals surface area contributed by atoms with Crippen molar-refractivity contribution in [2.75, 3.05) is 5.32 Å². The van der Waals surface area contributed by atoms with E-state index in [4.69, 9.17) is 0 Å². The molecule has 0 aliphatic heterocycles. The summed E-state index contributed by atoms with van der Waals surface area (Å²) in [5.74, 6) is -0.369. The number of anilines is 1. The Balaban J connectivity index is 2.15. The smallest absolute Gasteiger partial charge is 0.259 e. The Kier molecular flexibility index (Phi) is 4.22. The van der Waals surface area contributed by atoms with Crippen molar-refractivity contribution in [3.8, 4) is 5.75 Å². The summed E-state index contributed by atoms with van der Waals surface area (Å²) < 4.78 is 0.730. The highest BCUT2D eigenvalue weighted by atomic mass is 79.9. The molecule has 0 atom stereocenters. The Morgan fingerprint density at radius 3 is 2.47 bits per heavy atom. The van der Waals surface area contributed by atoms with Crippen LogP contribution in [0.4, 0.5) is 5.69 Å². The van der Waals surface area contributed by atoms with E-state index in [-0.39, 0.29) is 17.2 Å². The second-order valence-corrected chi connectivity index (χ2v) is 5.08. The SMILES string of the molecule is CCc1ccc(NC(=O)c2ccc(Br)cc2O)cc1. The Morgan fingerprint density at radius 2 is 1.89 bits per heavy atom. The molecule has 2 rings (SSSR count). The maximum atomic E-state index is 12.0. The minimum atomic E-state index is -0.325. The van der Waals surface area contributed by atoms with Crippen molar-refractivity contribution >= 4 is 27.5 Å². The lowest BCUT2D eigenvalue weighted by Gasteiger charge is -2.07. The summed E-state index contributed by atoms with van der Waals surface area (Å²) in [7, 11) is 0. The van der Waals surface area contributed by atoms with Crippen molar-refractivity contribution < 1.29 is 9.90 Å². The van der Waals surface area contributed by atoms with Crippen LogP contribution in [-0.2, 0) is 6.42 Å². The zero-order valence-electron chi connectivity index (χ0n) is 10.5. The number of carbonyl (C=O) groups excluding carboxylic acids is 1. The van der Waals surface area contributed by atoms with Crippen LogP contribution < -0.4 is 5.32 Å². The molecule has 1 amide bonds. The van der Waals surface area contributed by atoms with E-state index in [1.54, 1.807) is 12.1 Å². The number of aromatic hydroxyl groups is 1. The number of hydrogen-bond acceptors (Lipinski definition) is 2. The highest BCUT2D eigenvalue weighted by Crippen LogP contribution is 2.23. The fourth-order valence-corrected chi connectivity index (χ4v) is 2.07. The second-order valence-electron chi connectivity index (χ2n) is 4.17. The average molecular weight is 320 g/mol. The van der Waals surface area contributed by atoms with Crippen molar-refractivity contribution in [1.29, 1.82) is 0 Å². The van der Waals surface area contributed by atoms with Gasteiger partial charge in [-0.05, 0) is 42.3 Å². The number of amides is 1. The van der Waals surface area contributed by atoms with Crippen LogP contribution in [0.15, 0.2) is 46.9 Å². The second kappa shape index (κ2) is 5.89. The predicted octanol–water partition coefficient (Wildman–Crippen LogP) is 3.97. The molecule has 0 aliphatic rings. The number of aryl methyl sites for hydroxylation is 1. The van der Waals surface area contributed by atoms with Gasteiger partial charge in [-0.1, -0.05) is 35.0 Å². The third-order valence-electron chi connectivity index (χ3n) is 2.82. The summed E-state index contributed by atoms with van der Waals surface area (Å²) in [5.41, 5.74) is 2.18. The van der Waals surface area contributed by atoms with Crippen LogP contribution in [0.5, 0.6) is 5.75 Å². The molecule has 2 aromatic carbocycles. The van der Waals surface area contributed by atoms with Crippen molar-refractivity contribution in [3.05, 3.63) is 58.1 Å². The zero-order chi connectivity index (χ0) is 13.8. The first-order valence-electron chi connectivity index (χ1n) is 5.99. The van der Waals surface area contributed by atoms with Gasteiger partial charge in [0.2, 0.25) is 0 Å². The maximum Gasteiger partial charge on any atom is 0.259 e. The summed E-state index contributed by atoms with van der Waals surface area (Å²) >= 11 is 3.24. The van der Waals surface area contributed by atoms with Gasteiger partial charge in [0.1, 0.15) is 5.75 Å². The number of carbonyl (C=O) groups is 1. The van der Waals surface area contributed by atoms with E-state index in [1.807, 2.05) is 24.3 Å². The van der Waals surface area contributed by atoms with Crippen LogP contribution in [0.1, 0.15) is 22.8 Å². The molecule has 4 heteroatoms. The topological polar surface area (TPSA) is 49.3 Å². The first kappa shape index (κ1) is 13.6. The average Bonchev–Trinajstić information content (AvgIpc) is 2.39. The van der Waals surface area contributed by atoms with Crippen LogP contribution in [0.3, 0.4) is 0 Å². The molecule has 0 saturated carbocycles. The fraction of sp³-hybridized carbons (Fsp3) is 0.133. The molecule has 0 spiro atoms. The van der Waals surface area contributed by atoms with Gasteiger partial charge in [-0.25, -0.2) is 0 Å². The summed E-state index contributed by atoms with van der Waals surface area (Å²) in [6, 6.07) is 12.4. The van der Waals surface area contributed by atoms with Gasteiger partial charge in [-0.2, -0.15) is 0 Å². The van der Waals surface area contributed by atoms with Crippen molar-refractivity contribution in [2.45, 2.75) is 13.3 Å². The van der Waals surface area contributed by atoms with E-state index in [1.165, 1.54) is 11.6 Å². The summed E-state index contributed by atoms with van der Waals surface area (Å²) in [6.07, 6.45) is 0.960. The van der Waals surface area contributed by atoms with E-state index < -0.39 is 0 Å². The number of rotatable bonds is 3. The summed E-state index contributed by atoms with van der Waals surface area (Å²) in [6.45, 7) is 2.08. The van der Waals surface area contributed by atoms with E-state index in [2.05, 4.69) is 28.2 Å². The number of phenols is 1. The third-order valence-corrected chi connectivity index (χ3v) is 3.32. The Hall–Kier alpha value is -1.81. The minimum absolute atomic E-state index is 0.0444. The highest BCUT2D eigenvalue weighted by Gasteiger charge is 2.11. The molecule has 0 aromatic heterocycles. The molecular formula is C15H14BrNO2. The van der Waals surface area contributed by atoms with Gasteiger partial charge in [0.05, 0.1) is 5.56 Å². The van der Waals surface area contributed by atoms with Gasteiger partial charge in [0.15, 0.2) is 0 Å². The van der Waals surface area contributed by atoms with Crippen molar-refractivity contribution in [2.24, 2.45) is 0 Å². The molecule has 19 heavy (non-hydrogen) atoms. The van der Waals surface area contributed by atoms with E-state index in [0.29, 0.717) is 5.69 Å². The lowest BCUT2D eigenvalue weighted by Crippen LogP contribution is -2.12. The standard InChI is InChI=1S/C15H14BrNO2/c1-2-10-3-6-12(7-4-10)17-15(19)13-8-5-11(16)9-14(13)18/h3-9,18H,2H2,1H3,(H,17,19). The van der Waals surface area contributed by atoms with Crippen LogP contribution in [0.25, 0.3) is 0 Å². The Bertz CT molecular complexity index is 594. The van der Waals surface area contributed by atoms with E-state index in [0.717, 1.165) is 10.9 Å². The van der Waals surface area contributed by atoms with Crippen molar-refractivity contribution in [1.82, 2.24) is 0 Å². The number of hydrogen-bond donors (Lipinski definition) is 2. The largest absolute Gasteiger partial charge is 0.507 e. The Labute approximate surface area is 120 Å². The van der Waals surface area contributed by atoms with Gasteiger partial charge < -0.3 is 10.4 Å². The highest BCUT2D eigenvalue weighted by molar-refractivity contribution is 9.10. The third kappa shape index (κ3) is 3.35. The molecule has 0 aliphatic carbocycles. The van der Waals surface area contributed by atoms with Crippen LogP contribution in [-0.4, -0.2) is 11.0 Å².